The van der Waals surface area contributed by atoms with Gasteiger partial charge in [-0.1, -0.05) is 36.9 Å². The molecule has 1 aromatic rings. The second-order valence-corrected chi connectivity index (χ2v) is 4.12. The molecule has 1 amide bonds. The molecular formula is C16H19NO. The smallest absolute Gasteiger partial charge is 0.255 e. The molecule has 1 rings (SSSR count). The van der Waals surface area contributed by atoms with Crippen LogP contribution in [0.4, 0.5) is 5.69 Å². The Kier molecular flexibility index (Phi) is 5.12. The van der Waals surface area contributed by atoms with Crippen molar-refractivity contribution in [3.8, 4) is 0 Å². The van der Waals surface area contributed by atoms with Gasteiger partial charge in [-0.05, 0) is 44.0 Å². The summed E-state index contributed by atoms with van der Waals surface area (Å²) in [6.07, 6.45) is 5.32. The Balaban J connectivity index is 2.96. The van der Waals surface area contributed by atoms with Crippen molar-refractivity contribution in [2.24, 2.45) is 0 Å². The number of carbonyl (C=O) groups is 1. The third-order valence-corrected chi connectivity index (χ3v) is 2.58. The molecule has 2 heteroatoms. The monoisotopic (exact) mass is 241 g/mol. The van der Waals surface area contributed by atoms with E-state index in [9.17, 15) is 4.79 Å². The van der Waals surface area contributed by atoms with E-state index in [1.807, 2.05) is 51.1 Å². The zero-order valence-electron chi connectivity index (χ0n) is 11.2. The first-order valence-corrected chi connectivity index (χ1v) is 5.92. The molecule has 0 aliphatic carbocycles. The summed E-state index contributed by atoms with van der Waals surface area (Å²) < 4.78 is 0. The molecule has 0 aliphatic heterocycles. The second-order valence-electron chi connectivity index (χ2n) is 4.12. The zero-order chi connectivity index (χ0) is 13.5. The first-order valence-electron chi connectivity index (χ1n) is 5.92. The minimum absolute atomic E-state index is 0.115. The van der Waals surface area contributed by atoms with Crippen molar-refractivity contribution in [1.29, 1.82) is 0 Å². The summed E-state index contributed by atoms with van der Waals surface area (Å²) in [6, 6.07) is 7.73. The van der Waals surface area contributed by atoms with Gasteiger partial charge in [0.05, 0.1) is 0 Å². The van der Waals surface area contributed by atoms with E-state index in [4.69, 9.17) is 0 Å². The summed E-state index contributed by atoms with van der Waals surface area (Å²) >= 11 is 0. The van der Waals surface area contributed by atoms with Crippen LogP contribution in [0.15, 0.2) is 60.2 Å². The van der Waals surface area contributed by atoms with Gasteiger partial charge in [-0.3, -0.25) is 4.79 Å². The molecule has 0 aliphatic rings. The van der Waals surface area contributed by atoms with Gasteiger partial charge in [0.25, 0.3) is 5.91 Å². The van der Waals surface area contributed by atoms with Crippen LogP contribution < -0.4 is 5.32 Å². The Hall–Kier alpha value is -2.09. The van der Waals surface area contributed by atoms with Gasteiger partial charge in [0.15, 0.2) is 0 Å². The first-order chi connectivity index (χ1) is 8.58. The summed E-state index contributed by atoms with van der Waals surface area (Å²) in [5, 5.41) is 2.89. The van der Waals surface area contributed by atoms with E-state index in [1.165, 1.54) is 0 Å². The molecule has 2 nitrogen and oxygen atoms in total. The Bertz CT molecular complexity index is 510. The third-order valence-electron chi connectivity index (χ3n) is 2.58. The van der Waals surface area contributed by atoms with Crippen LogP contribution in [0.5, 0.6) is 0 Å². The number of anilines is 1. The number of hydrogen-bond acceptors (Lipinski definition) is 1. The predicted octanol–water partition coefficient (Wildman–Crippen LogP) is 4.01. The largest absolute Gasteiger partial charge is 0.322 e. The highest BCUT2D eigenvalue weighted by Gasteiger charge is 2.08. The van der Waals surface area contributed by atoms with Crippen LogP contribution in [-0.2, 0) is 4.79 Å². The fraction of sp³-hybridized carbons (Fsp3) is 0.188. The maximum Gasteiger partial charge on any atom is 0.255 e. The number of amides is 1. The van der Waals surface area contributed by atoms with E-state index in [1.54, 1.807) is 12.2 Å². The molecule has 0 saturated carbocycles. The predicted molar refractivity (Wildman–Crippen MR) is 77.5 cm³/mol. The molecule has 0 fully saturated rings. The summed E-state index contributed by atoms with van der Waals surface area (Å²) in [5.41, 5.74) is 3.41. The van der Waals surface area contributed by atoms with Gasteiger partial charge in [-0.25, -0.2) is 0 Å². The second kappa shape index (κ2) is 6.60. The van der Waals surface area contributed by atoms with Gasteiger partial charge in [0.1, 0.15) is 0 Å². The fourth-order valence-corrected chi connectivity index (χ4v) is 1.58. The Morgan fingerprint density at radius 2 is 2.11 bits per heavy atom. The van der Waals surface area contributed by atoms with Gasteiger partial charge in [0.2, 0.25) is 0 Å². The van der Waals surface area contributed by atoms with Crippen molar-refractivity contribution in [3.63, 3.8) is 0 Å². The van der Waals surface area contributed by atoms with Crippen LogP contribution in [0.25, 0.3) is 0 Å². The van der Waals surface area contributed by atoms with Gasteiger partial charge < -0.3 is 5.32 Å². The summed E-state index contributed by atoms with van der Waals surface area (Å²) in [4.78, 5) is 12.1. The summed E-state index contributed by atoms with van der Waals surface area (Å²) in [5.74, 6) is -0.115. The average molecular weight is 241 g/mol. The lowest BCUT2D eigenvalue weighted by Crippen LogP contribution is -2.14. The lowest BCUT2D eigenvalue weighted by atomic mass is 10.1. The van der Waals surface area contributed by atoms with Crippen LogP contribution >= 0.6 is 0 Å². The van der Waals surface area contributed by atoms with E-state index in [0.717, 1.165) is 16.8 Å². The Morgan fingerprint density at radius 3 is 2.67 bits per heavy atom. The molecular weight excluding hydrogens is 222 g/mol. The standard InChI is InChI=1S/C16H19NO/c1-5-8-15(13(4)6-2)16(18)17-14-10-7-9-12(3)11-14/h5-11H,2H2,1,3-4H3,(H,17,18)/b8-5-,15-13+. The van der Waals surface area contributed by atoms with E-state index in [2.05, 4.69) is 11.9 Å². The Morgan fingerprint density at radius 1 is 1.39 bits per heavy atom. The molecule has 0 saturated heterocycles. The zero-order valence-corrected chi connectivity index (χ0v) is 11.2. The highest BCUT2D eigenvalue weighted by molar-refractivity contribution is 6.06. The first kappa shape index (κ1) is 14.0. The van der Waals surface area contributed by atoms with Crippen molar-refractivity contribution in [2.75, 3.05) is 5.32 Å². The lowest BCUT2D eigenvalue weighted by molar-refractivity contribution is -0.112. The van der Waals surface area contributed by atoms with E-state index < -0.39 is 0 Å². The van der Waals surface area contributed by atoms with Crippen LogP contribution in [0.1, 0.15) is 19.4 Å². The number of carbonyl (C=O) groups excluding carboxylic acids is 1. The maximum atomic E-state index is 12.1. The van der Waals surface area contributed by atoms with Crippen molar-refractivity contribution in [2.45, 2.75) is 20.8 Å². The molecule has 1 aromatic carbocycles. The molecule has 0 aromatic heterocycles. The molecule has 0 atom stereocenters. The van der Waals surface area contributed by atoms with Gasteiger partial charge in [0, 0.05) is 11.3 Å². The van der Waals surface area contributed by atoms with E-state index in [0.29, 0.717) is 5.57 Å². The van der Waals surface area contributed by atoms with Crippen molar-refractivity contribution in [1.82, 2.24) is 0 Å². The minimum atomic E-state index is -0.115. The molecule has 1 N–H and O–H groups in total. The minimum Gasteiger partial charge on any atom is -0.322 e. The van der Waals surface area contributed by atoms with Crippen molar-refractivity contribution in [3.05, 3.63) is 65.8 Å². The lowest BCUT2D eigenvalue weighted by Gasteiger charge is -2.08. The van der Waals surface area contributed by atoms with Gasteiger partial charge in [-0.2, -0.15) is 0 Å². The maximum absolute atomic E-state index is 12.1. The van der Waals surface area contributed by atoms with Crippen LogP contribution in [0.3, 0.4) is 0 Å². The normalized spacial score (nSPS) is 12.2. The molecule has 0 unspecified atom stereocenters. The number of rotatable bonds is 4. The number of aryl methyl sites for hydroxylation is 1. The number of hydrogen-bond donors (Lipinski definition) is 1. The highest BCUT2D eigenvalue weighted by atomic mass is 16.1. The van der Waals surface area contributed by atoms with Crippen LogP contribution in [-0.4, -0.2) is 5.91 Å². The SMILES string of the molecule is C=C/C(C)=C(\C=C/C)C(=O)Nc1cccc(C)c1. The fourth-order valence-electron chi connectivity index (χ4n) is 1.58. The summed E-state index contributed by atoms with van der Waals surface area (Å²) in [6.45, 7) is 9.45. The van der Waals surface area contributed by atoms with Crippen LogP contribution in [0, 0.1) is 6.92 Å². The molecule has 0 spiro atoms. The number of nitrogens with one attached hydrogen (secondary N) is 1. The molecule has 0 heterocycles. The molecule has 94 valence electrons. The van der Waals surface area contributed by atoms with E-state index >= 15 is 0 Å². The van der Waals surface area contributed by atoms with Crippen molar-refractivity contribution < 1.29 is 4.79 Å². The molecule has 18 heavy (non-hydrogen) atoms. The van der Waals surface area contributed by atoms with E-state index in [-0.39, 0.29) is 5.91 Å². The number of benzene rings is 1. The van der Waals surface area contributed by atoms with Gasteiger partial charge in [-0.15, -0.1) is 0 Å². The highest BCUT2D eigenvalue weighted by Crippen LogP contribution is 2.14. The molecule has 0 bridgehead atoms. The Labute approximate surface area is 109 Å². The van der Waals surface area contributed by atoms with Crippen molar-refractivity contribution >= 4 is 11.6 Å². The third kappa shape index (κ3) is 3.74. The summed E-state index contributed by atoms with van der Waals surface area (Å²) in [7, 11) is 0. The quantitative estimate of drug-likeness (QED) is 0.626. The van der Waals surface area contributed by atoms with Crippen LogP contribution in [0.2, 0.25) is 0 Å². The van der Waals surface area contributed by atoms with Gasteiger partial charge >= 0.3 is 0 Å². The molecule has 0 radical (unpaired) electrons. The topological polar surface area (TPSA) is 29.1 Å². The number of allylic oxidation sites excluding steroid dienone is 3. The average Bonchev–Trinajstić information content (AvgIpc) is 2.35.